The number of nitrogens with one attached hydrogen (secondary N) is 1. The zero-order chi connectivity index (χ0) is 21.6. The molecule has 162 valence electrons. The summed E-state index contributed by atoms with van der Waals surface area (Å²) in [4.78, 5) is 29.8. The lowest BCUT2D eigenvalue weighted by Gasteiger charge is -2.37. The van der Waals surface area contributed by atoms with Crippen LogP contribution >= 0.6 is 0 Å². The second-order valence-corrected chi connectivity index (χ2v) is 7.44. The Kier molecular flexibility index (Phi) is 7.89. The number of carbonyl (C=O) groups excluding carboxylic acids is 2. The third-order valence-electron chi connectivity index (χ3n) is 4.79. The van der Waals surface area contributed by atoms with Crippen LogP contribution < -0.4 is 10.2 Å². The van der Waals surface area contributed by atoms with Gasteiger partial charge >= 0.3 is 6.18 Å². The second kappa shape index (κ2) is 9.96. The van der Waals surface area contributed by atoms with E-state index < -0.39 is 11.7 Å². The van der Waals surface area contributed by atoms with Crippen LogP contribution in [0.3, 0.4) is 0 Å². The van der Waals surface area contributed by atoms with Crippen molar-refractivity contribution < 1.29 is 22.8 Å². The highest BCUT2D eigenvalue weighted by atomic mass is 19.4. The first kappa shape index (κ1) is 23.0. The molecule has 0 atom stereocenters. The van der Waals surface area contributed by atoms with E-state index in [1.165, 1.54) is 6.07 Å². The maximum atomic E-state index is 12.9. The molecule has 2 rings (SSSR count). The van der Waals surface area contributed by atoms with Gasteiger partial charge in [-0.3, -0.25) is 14.5 Å². The van der Waals surface area contributed by atoms with Crippen molar-refractivity contribution in [1.29, 1.82) is 0 Å². The lowest BCUT2D eigenvalue weighted by Crippen LogP contribution is -2.52. The van der Waals surface area contributed by atoms with E-state index in [1.807, 2.05) is 25.7 Å². The van der Waals surface area contributed by atoms with Crippen molar-refractivity contribution in [3.63, 3.8) is 0 Å². The van der Waals surface area contributed by atoms with Crippen LogP contribution in [-0.4, -0.2) is 73.5 Å². The number of hydrogen-bond donors (Lipinski definition) is 1. The molecule has 0 radical (unpaired) electrons. The number of benzene rings is 1. The fourth-order valence-electron chi connectivity index (χ4n) is 3.23. The van der Waals surface area contributed by atoms with Gasteiger partial charge in [-0.15, -0.1) is 0 Å². The molecule has 1 saturated heterocycles. The van der Waals surface area contributed by atoms with Crippen molar-refractivity contribution in [2.45, 2.75) is 33.0 Å². The van der Waals surface area contributed by atoms with E-state index in [4.69, 9.17) is 0 Å². The molecule has 1 aromatic rings. The highest BCUT2D eigenvalue weighted by Crippen LogP contribution is 2.31. The molecule has 1 heterocycles. The summed E-state index contributed by atoms with van der Waals surface area (Å²) in [5.74, 6) is -0.197. The molecule has 9 heteroatoms. The van der Waals surface area contributed by atoms with Crippen LogP contribution in [0.4, 0.5) is 18.9 Å². The van der Waals surface area contributed by atoms with Crippen molar-refractivity contribution in [2.24, 2.45) is 0 Å². The smallest absolute Gasteiger partial charge is 0.368 e. The second-order valence-electron chi connectivity index (χ2n) is 7.44. The molecule has 1 N–H and O–H groups in total. The van der Waals surface area contributed by atoms with Crippen molar-refractivity contribution in [1.82, 2.24) is 15.1 Å². The Morgan fingerprint density at radius 1 is 1.14 bits per heavy atom. The van der Waals surface area contributed by atoms with Crippen molar-refractivity contribution in [3.8, 4) is 0 Å². The van der Waals surface area contributed by atoms with Crippen LogP contribution in [-0.2, 0) is 15.8 Å². The topological polar surface area (TPSA) is 55.9 Å². The molecule has 0 aliphatic carbocycles. The standard InChI is InChI=1S/C20H29F3N4O2/c1-4-25(13-18(28)24-15(2)3)14-19(29)27-10-8-26(9-11-27)17-7-5-6-16(12-17)20(21,22)23/h5-7,12,15H,4,8-11,13-14H2,1-3H3,(H,24,28). The van der Waals surface area contributed by atoms with Gasteiger partial charge in [0.25, 0.3) is 0 Å². The normalized spacial score (nSPS) is 15.2. The van der Waals surface area contributed by atoms with Crippen LogP contribution in [0.2, 0.25) is 0 Å². The number of piperazine rings is 1. The van der Waals surface area contributed by atoms with Gasteiger partial charge in [0, 0.05) is 37.9 Å². The highest BCUT2D eigenvalue weighted by Gasteiger charge is 2.31. The lowest BCUT2D eigenvalue weighted by molar-refractivity contribution is -0.137. The molecule has 1 aromatic carbocycles. The van der Waals surface area contributed by atoms with Crippen LogP contribution in [0.1, 0.15) is 26.3 Å². The Morgan fingerprint density at radius 2 is 1.79 bits per heavy atom. The summed E-state index contributed by atoms with van der Waals surface area (Å²) in [5.41, 5.74) is -0.167. The minimum atomic E-state index is -4.38. The first-order valence-electron chi connectivity index (χ1n) is 9.81. The first-order valence-corrected chi connectivity index (χ1v) is 9.81. The molecule has 0 bridgehead atoms. The first-order chi connectivity index (χ1) is 13.6. The van der Waals surface area contributed by atoms with Gasteiger partial charge in [0.1, 0.15) is 0 Å². The van der Waals surface area contributed by atoms with E-state index in [1.54, 1.807) is 15.9 Å². The monoisotopic (exact) mass is 414 g/mol. The average Bonchev–Trinajstić information content (AvgIpc) is 2.66. The molecule has 6 nitrogen and oxygen atoms in total. The zero-order valence-electron chi connectivity index (χ0n) is 17.1. The molecular formula is C20H29F3N4O2. The van der Waals surface area contributed by atoms with Crippen molar-refractivity contribution in [3.05, 3.63) is 29.8 Å². The fourth-order valence-corrected chi connectivity index (χ4v) is 3.23. The van der Waals surface area contributed by atoms with Gasteiger partial charge in [0.05, 0.1) is 18.7 Å². The zero-order valence-corrected chi connectivity index (χ0v) is 17.1. The summed E-state index contributed by atoms with van der Waals surface area (Å²) in [7, 11) is 0. The third-order valence-corrected chi connectivity index (χ3v) is 4.79. The average molecular weight is 414 g/mol. The summed E-state index contributed by atoms with van der Waals surface area (Å²) >= 11 is 0. The number of carbonyl (C=O) groups is 2. The lowest BCUT2D eigenvalue weighted by atomic mass is 10.1. The number of anilines is 1. The quantitative estimate of drug-likeness (QED) is 0.743. The molecule has 1 fully saturated rings. The van der Waals surface area contributed by atoms with Crippen LogP contribution in [0.15, 0.2) is 24.3 Å². The number of rotatable bonds is 7. The van der Waals surface area contributed by atoms with E-state index >= 15 is 0 Å². The predicted molar refractivity (Wildman–Crippen MR) is 106 cm³/mol. The van der Waals surface area contributed by atoms with Gasteiger partial charge in [-0.05, 0) is 38.6 Å². The van der Waals surface area contributed by atoms with Crippen molar-refractivity contribution >= 4 is 17.5 Å². The number of hydrogen-bond acceptors (Lipinski definition) is 4. The molecule has 0 aromatic heterocycles. The van der Waals surface area contributed by atoms with E-state index in [2.05, 4.69) is 5.32 Å². The molecule has 1 aliphatic heterocycles. The number of alkyl halides is 3. The van der Waals surface area contributed by atoms with Crippen molar-refractivity contribution in [2.75, 3.05) is 50.7 Å². The molecule has 0 saturated carbocycles. The SMILES string of the molecule is CCN(CC(=O)NC(C)C)CC(=O)N1CCN(c2cccc(C(F)(F)F)c2)CC1. The number of amides is 2. The molecule has 0 spiro atoms. The van der Waals surface area contributed by atoms with Gasteiger partial charge < -0.3 is 15.1 Å². The summed E-state index contributed by atoms with van der Waals surface area (Å²) in [6.07, 6.45) is -4.38. The Balaban J connectivity index is 1.88. The van der Waals surface area contributed by atoms with Gasteiger partial charge in [0.15, 0.2) is 0 Å². The third kappa shape index (κ3) is 6.92. The van der Waals surface area contributed by atoms with Gasteiger partial charge in [0.2, 0.25) is 11.8 Å². The molecular weight excluding hydrogens is 385 g/mol. The van der Waals surface area contributed by atoms with Crippen LogP contribution in [0.25, 0.3) is 0 Å². The minimum Gasteiger partial charge on any atom is -0.368 e. The Morgan fingerprint density at radius 3 is 2.34 bits per heavy atom. The molecule has 2 amide bonds. The fraction of sp³-hybridized carbons (Fsp3) is 0.600. The summed E-state index contributed by atoms with van der Waals surface area (Å²) in [5, 5.41) is 2.81. The molecule has 29 heavy (non-hydrogen) atoms. The Labute approximate surface area is 169 Å². The van der Waals surface area contributed by atoms with Gasteiger partial charge in [-0.2, -0.15) is 13.2 Å². The van der Waals surface area contributed by atoms with Gasteiger partial charge in [-0.1, -0.05) is 13.0 Å². The van der Waals surface area contributed by atoms with Gasteiger partial charge in [-0.25, -0.2) is 0 Å². The van der Waals surface area contributed by atoms with Crippen LogP contribution in [0.5, 0.6) is 0 Å². The highest BCUT2D eigenvalue weighted by molar-refractivity contribution is 5.81. The minimum absolute atomic E-state index is 0.0424. The van der Waals surface area contributed by atoms with E-state index in [-0.39, 0.29) is 30.9 Å². The number of halogens is 3. The summed E-state index contributed by atoms with van der Waals surface area (Å²) < 4.78 is 38.7. The molecule has 0 unspecified atom stereocenters. The maximum absolute atomic E-state index is 12.9. The number of nitrogens with zero attached hydrogens (tertiary/aromatic N) is 3. The summed E-state index contributed by atoms with van der Waals surface area (Å²) in [6, 6.07) is 5.29. The predicted octanol–water partition coefficient (Wildman–Crippen LogP) is 2.20. The van der Waals surface area contributed by atoms with E-state index in [9.17, 15) is 22.8 Å². The largest absolute Gasteiger partial charge is 0.416 e. The summed E-state index contributed by atoms with van der Waals surface area (Å²) in [6.45, 7) is 8.32. The van der Waals surface area contributed by atoms with E-state index in [0.717, 1.165) is 12.1 Å². The van der Waals surface area contributed by atoms with Crippen LogP contribution in [0, 0.1) is 0 Å². The number of likely N-dealkylation sites (N-methyl/N-ethyl adjacent to an activating group) is 1. The van der Waals surface area contributed by atoms with E-state index in [0.29, 0.717) is 38.4 Å². The molecule has 1 aliphatic rings. The Hall–Kier alpha value is -2.29. The Bertz CT molecular complexity index is 701. The maximum Gasteiger partial charge on any atom is 0.416 e.